The normalized spacial score (nSPS) is 12.1. The van der Waals surface area contributed by atoms with Crippen LogP contribution in [-0.4, -0.2) is 22.7 Å². The van der Waals surface area contributed by atoms with Crippen LogP contribution in [0.5, 0.6) is 5.75 Å². The standard InChI is InChI=1S/C16H17NO4/c1-4-20-16(21-15(19)10(2)3)12-7-8-13(18)14-11(12)6-5-9-17-14/h5-9,16,18H,2,4H2,1,3H3. The van der Waals surface area contributed by atoms with Gasteiger partial charge in [-0.05, 0) is 32.0 Å². The molecule has 1 unspecified atom stereocenters. The first kappa shape index (κ1) is 15.0. The molecule has 5 heteroatoms. The summed E-state index contributed by atoms with van der Waals surface area (Å²) in [4.78, 5) is 15.9. The lowest BCUT2D eigenvalue weighted by atomic mass is 10.1. The summed E-state index contributed by atoms with van der Waals surface area (Å²) >= 11 is 0. The molecule has 1 aromatic carbocycles. The average molecular weight is 287 g/mol. The number of hydrogen-bond donors (Lipinski definition) is 1. The van der Waals surface area contributed by atoms with Gasteiger partial charge in [0, 0.05) is 29.3 Å². The van der Waals surface area contributed by atoms with E-state index in [-0.39, 0.29) is 5.75 Å². The van der Waals surface area contributed by atoms with Crippen molar-refractivity contribution < 1.29 is 19.4 Å². The van der Waals surface area contributed by atoms with Crippen LogP contribution >= 0.6 is 0 Å². The van der Waals surface area contributed by atoms with E-state index in [1.54, 1.807) is 31.3 Å². The molecule has 0 saturated carbocycles. The van der Waals surface area contributed by atoms with Crippen LogP contribution in [0, 0.1) is 0 Å². The van der Waals surface area contributed by atoms with Gasteiger partial charge < -0.3 is 14.6 Å². The van der Waals surface area contributed by atoms with Crippen molar-refractivity contribution >= 4 is 16.9 Å². The number of aromatic hydroxyl groups is 1. The lowest BCUT2D eigenvalue weighted by molar-refractivity contribution is -0.175. The monoisotopic (exact) mass is 287 g/mol. The zero-order chi connectivity index (χ0) is 15.4. The molecule has 0 saturated heterocycles. The molecule has 110 valence electrons. The maximum Gasteiger partial charge on any atom is 0.335 e. The van der Waals surface area contributed by atoms with Gasteiger partial charge in [0.25, 0.3) is 0 Å². The van der Waals surface area contributed by atoms with Crippen LogP contribution in [0.25, 0.3) is 10.9 Å². The second-order valence-corrected chi connectivity index (χ2v) is 4.55. The van der Waals surface area contributed by atoms with Gasteiger partial charge >= 0.3 is 5.97 Å². The fraction of sp³-hybridized carbons (Fsp3) is 0.250. The Bertz CT molecular complexity index is 681. The highest BCUT2D eigenvalue weighted by molar-refractivity contribution is 5.89. The molecule has 2 rings (SSSR count). The minimum Gasteiger partial charge on any atom is -0.506 e. The van der Waals surface area contributed by atoms with Crippen molar-refractivity contribution in [2.45, 2.75) is 20.1 Å². The van der Waals surface area contributed by atoms with Gasteiger partial charge in [-0.1, -0.05) is 12.6 Å². The van der Waals surface area contributed by atoms with Crippen LogP contribution in [0.2, 0.25) is 0 Å². The molecule has 2 aromatic rings. The SMILES string of the molecule is C=C(C)C(=O)OC(OCC)c1ccc(O)c2ncccc12. The summed E-state index contributed by atoms with van der Waals surface area (Å²) in [5.41, 5.74) is 1.36. The van der Waals surface area contributed by atoms with E-state index in [1.807, 2.05) is 6.92 Å². The number of carbonyl (C=O) groups is 1. The molecule has 21 heavy (non-hydrogen) atoms. The molecule has 0 fully saturated rings. The summed E-state index contributed by atoms with van der Waals surface area (Å²) in [7, 11) is 0. The summed E-state index contributed by atoms with van der Waals surface area (Å²) in [6, 6.07) is 6.70. The minimum absolute atomic E-state index is 0.0656. The zero-order valence-electron chi connectivity index (χ0n) is 12.0. The molecule has 0 radical (unpaired) electrons. The van der Waals surface area contributed by atoms with Gasteiger partial charge in [-0.15, -0.1) is 0 Å². The van der Waals surface area contributed by atoms with E-state index in [1.165, 1.54) is 6.07 Å². The molecule has 0 amide bonds. The number of hydrogen-bond acceptors (Lipinski definition) is 5. The summed E-state index contributed by atoms with van der Waals surface area (Å²) in [5, 5.41) is 10.5. The summed E-state index contributed by atoms with van der Waals surface area (Å²) in [5.74, 6) is -0.464. The predicted molar refractivity (Wildman–Crippen MR) is 78.7 cm³/mol. The third kappa shape index (κ3) is 3.20. The zero-order valence-corrected chi connectivity index (χ0v) is 12.0. The molecule has 1 N–H and O–H groups in total. The molecule has 0 spiro atoms. The largest absolute Gasteiger partial charge is 0.506 e. The number of phenolic OH excluding ortho intramolecular Hbond substituents is 1. The summed E-state index contributed by atoms with van der Waals surface area (Å²) < 4.78 is 10.8. The van der Waals surface area contributed by atoms with Crippen LogP contribution in [0.4, 0.5) is 0 Å². The van der Waals surface area contributed by atoms with Crippen LogP contribution in [-0.2, 0) is 14.3 Å². The van der Waals surface area contributed by atoms with Gasteiger partial charge in [0.05, 0.1) is 0 Å². The first-order valence-corrected chi connectivity index (χ1v) is 6.59. The minimum atomic E-state index is -0.869. The van der Waals surface area contributed by atoms with E-state index in [0.717, 1.165) is 0 Å². The number of carbonyl (C=O) groups excluding carboxylic acids is 1. The average Bonchev–Trinajstić information content (AvgIpc) is 2.47. The van der Waals surface area contributed by atoms with E-state index in [0.29, 0.717) is 28.6 Å². The Kier molecular flexibility index (Phi) is 4.55. The molecule has 5 nitrogen and oxygen atoms in total. The maximum atomic E-state index is 11.7. The number of phenols is 1. The number of benzene rings is 1. The Labute approximate surface area is 122 Å². The Morgan fingerprint density at radius 2 is 2.19 bits per heavy atom. The molecule has 1 aromatic heterocycles. The number of pyridine rings is 1. The van der Waals surface area contributed by atoms with E-state index in [4.69, 9.17) is 9.47 Å². The number of nitrogens with zero attached hydrogens (tertiary/aromatic N) is 1. The van der Waals surface area contributed by atoms with Gasteiger partial charge in [0.2, 0.25) is 6.29 Å². The first-order chi connectivity index (χ1) is 10.0. The van der Waals surface area contributed by atoms with Crippen molar-refractivity contribution in [2.75, 3.05) is 6.61 Å². The van der Waals surface area contributed by atoms with Crippen LogP contribution in [0.3, 0.4) is 0 Å². The van der Waals surface area contributed by atoms with Crippen LogP contribution in [0.15, 0.2) is 42.6 Å². The third-order valence-corrected chi connectivity index (χ3v) is 2.92. The van der Waals surface area contributed by atoms with Crippen LogP contribution < -0.4 is 0 Å². The highest BCUT2D eigenvalue weighted by Gasteiger charge is 2.21. The van der Waals surface area contributed by atoms with Crippen molar-refractivity contribution in [2.24, 2.45) is 0 Å². The molecular formula is C16H17NO4. The lowest BCUT2D eigenvalue weighted by Gasteiger charge is -2.19. The van der Waals surface area contributed by atoms with Crippen molar-refractivity contribution in [1.82, 2.24) is 4.98 Å². The third-order valence-electron chi connectivity index (χ3n) is 2.92. The first-order valence-electron chi connectivity index (χ1n) is 6.59. The van der Waals surface area contributed by atoms with E-state index in [9.17, 15) is 9.90 Å². The number of esters is 1. The van der Waals surface area contributed by atoms with Crippen molar-refractivity contribution in [3.05, 3.63) is 48.2 Å². The highest BCUT2D eigenvalue weighted by atomic mass is 16.7. The molecular weight excluding hydrogens is 270 g/mol. The number of rotatable bonds is 5. The van der Waals surface area contributed by atoms with Gasteiger partial charge in [0.15, 0.2) is 0 Å². The molecule has 0 bridgehead atoms. The number of ether oxygens (including phenoxy) is 2. The van der Waals surface area contributed by atoms with E-state index in [2.05, 4.69) is 11.6 Å². The quantitative estimate of drug-likeness (QED) is 0.520. The van der Waals surface area contributed by atoms with Gasteiger partial charge in [-0.25, -0.2) is 4.79 Å². The number of aromatic nitrogens is 1. The van der Waals surface area contributed by atoms with Gasteiger partial charge in [-0.3, -0.25) is 4.98 Å². The molecule has 1 heterocycles. The molecule has 0 aliphatic carbocycles. The van der Waals surface area contributed by atoms with Crippen LogP contribution in [0.1, 0.15) is 25.7 Å². The lowest BCUT2D eigenvalue weighted by Crippen LogP contribution is -2.15. The smallest absolute Gasteiger partial charge is 0.335 e. The van der Waals surface area contributed by atoms with Crippen molar-refractivity contribution in [3.8, 4) is 5.75 Å². The maximum absolute atomic E-state index is 11.7. The molecule has 1 atom stereocenters. The Morgan fingerprint density at radius 3 is 2.86 bits per heavy atom. The Morgan fingerprint density at radius 1 is 1.43 bits per heavy atom. The fourth-order valence-corrected chi connectivity index (χ4v) is 1.92. The topological polar surface area (TPSA) is 68.7 Å². The predicted octanol–water partition coefficient (Wildman–Crippen LogP) is 3.09. The molecule has 0 aliphatic heterocycles. The van der Waals surface area contributed by atoms with E-state index < -0.39 is 12.3 Å². The van der Waals surface area contributed by atoms with Gasteiger partial charge in [0.1, 0.15) is 11.3 Å². The van der Waals surface area contributed by atoms with Crippen molar-refractivity contribution in [3.63, 3.8) is 0 Å². The van der Waals surface area contributed by atoms with E-state index >= 15 is 0 Å². The summed E-state index contributed by atoms with van der Waals surface area (Å²) in [6.07, 6.45) is 0.716. The van der Waals surface area contributed by atoms with Gasteiger partial charge in [-0.2, -0.15) is 0 Å². The second kappa shape index (κ2) is 6.37. The number of fused-ring (bicyclic) bond motifs is 1. The Balaban J connectivity index is 2.47. The second-order valence-electron chi connectivity index (χ2n) is 4.55. The molecule has 0 aliphatic rings. The Hall–Kier alpha value is -2.40. The van der Waals surface area contributed by atoms with Crippen molar-refractivity contribution in [1.29, 1.82) is 0 Å². The highest BCUT2D eigenvalue weighted by Crippen LogP contribution is 2.31. The summed E-state index contributed by atoms with van der Waals surface area (Å²) in [6.45, 7) is 7.31. The fourth-order valence-electron chi connectivity index (χ4n) is 1.92.